The van der Waals surface area contributed by atoms with Crippen LogP contribution in [0.1, 0.15) is 126 Å². The second kappa shape index (κ2) is 19.5. The predicted molar refractivity (Wildman–Crippen MR) is 236 cm³/mol. The molecule has 0 spiro atoms. The summed E-state index contributed by atoms with van der Waals surface area (Å²) in [5.41, 5.74) is 12.1. The van der Waals surface area contributed by atoms with E-state index in [1.165, 1.54) is 73.0 Å². The molecule has 3 unspecified atom stereocenters. The summed E-state index contributed by atoms with van der Waals surface area (Å²) in [6.07, 6.45) is 20.4. The number of hydrogen-bond acceptors (Lipinski definition) is 0. The van der Waals surface area contributed by atoms with E-state index in [0.29, 0.717) is 17.3 Å². The molecule has 0 amide bonds. The van der Waals surface area contributed by atoms with Crippen molar-refractivity contribution in [3.63, 3.8) is 0 Å². The van der Waals surface area contributed by atoms with Crippen molar-refractivity contribution >= 4 is 34.6 Å². The van der Waals surface area contributed by atoms with Crippen LogP contribution in [-0.2, 0) is 30.7 Å². The van der Waals surface area contributed by atoms with Crippen LogP contribution in [0, 0.1) is 64.4 Å². The van der Waals surface area contributed by atoms with Gasteiger partial charge in [0.2, 0.25) is 0 Å². The van der Waals surface area contributed by atoms with Crippen molar-refractivity contribution in [2.75, 3.05) is 0 Å². The van der Waals surface area contributed by atoms with Crippen LogP contribution >= 0.6 is 24.8 Å². The van der Waals surface area contributed by atoms with Crippen LogP contribution in [0.3, 0.4) is 0 Å². The van der Waals surface area contributed by atoms with Crippen LogP contribution in [-0.4, -0.2) is 4.21 Å². The molecule has 0 saturated heterocycles. The molecule has 292 valence electrons. The van der Waals surface area contributed by atoms with Crippen molar-refractivity contribution in [3.05, 3.63) is 138 Å². The Kier molecular flexibility index (Phi) is 18.1. The van der Waals surface area contributed by atoms with Gasteiger partial charge in [-0.2, -0.15) is 59.2 Å². The summed E-state index contributed by atoms with van der Waals surface area (Å²) in [5.74, 6) is 2.83. The Bertz CT molecular complexity index is 1610. The van der Waals surface area contributed by atoms with E-state index in [-0.39, 0.29) is 53.9 Å². The van der Waals surface area contributed by atoms with E-state index >= 15 is 0 Å². The van der Waals surface area contributed by atoms with Crippen LogP contribution in [0.2, 0.25) is 0 Å². The second-order valence-corrected chi connectivity index (χ2v) is 17.8. The molecule has 0 aromatic heterocycles. The van der Waals surface area contributed by atoms with Gasteiger partial charge < -0.3 is 7.43 Å². The molecule has 0 aliphatic heterocycles. The van der Waals surface area contributed by atoms with E-state index in [9.17, 15) is 0 Å². The number of halogens is 2. The molecule has 0 heterocycles. The zero-order chi connectivity index (χ0) is 37.1. The minimum absolute atomic E-state index is 0. The molecule has 0 N–H and O–H groups in total. The van der Waals surface area contributed by atoms with Crippen LogP contribution in [0.5, 0.6) is 0 Å². The predicted octanol–water partition coefficient (Wildman–Crippen LogP) is 14.8. The molecule has 7 rings (SSSR count). The molecule has 53 heavy (non-hydrogen) atoms. The van der Waals surface area contributed by atoms with Crippen molar-refractivity contribution < 1.29 is 24.2 Å². The summed E-state index contributed by atoms with van der Waals surface area (Å²) in [7, 11) is 0. The third-order valence-corrected chi connectivity index (χ3v) is 14.0. The van der Waals surface area contributed by atoms with Gasteiger partial charge in [-0.05, 0) is 40.6 Å². The van der Waals surface area contributed by atoms with E-state index in [0.717, 1.165) is 6.42 Å². The summed E-state index contributed by atoms with van der Waals surface area (Å²) in [4.78, 5) is 0. The topological polar surface area (TPSA) is 0 Å². The van der Waals surface area contributed by atoms with Crippen molar-refractivity contribution in [2.45, 2.75) is 122 Å². The van der Waals surface area contributed by atoms with Gasteiger partial charge in [0.25, 0.3) is 0 Å². The van der Waals surface area contributed by atoms with Gasteiger partial charge in [0.15, 0.2) is 0 Å². The molecule has 3 heteroatoms. The van der Waals surface area contributed by atoms with Crippen molar-refractivity contribution in [3.8, 4) is 0 Å². The smallest absolute Gasteiger partial charge is 0.171 e. The largest absolute Gasteiger partial charge is 0.358 e. The fourth-order valence-electron chi connectivity index (χ4n) is 9.48. The van der Waals surface area contributed by atoms with Gasteiger partial charge in [-0.15, -0.1) is 31.7 Å². The Hall–Kier alpha value is -1.66. The van der Waals surface area contributed by atoms with E-state index in [4.69, 9.17) is 0 Å². The van der Waals surface area contributed by atoms with E-state index in [2.05, 4.69) is 148 Å². The third-order valence-electron chi connectivity index (χ3n) is 14.0. The molecule has 2 aromatic rings. The molecule has 2 aromatic carbocycles. The fraction of sp³-hybridized carbons (Fsp3) is 0.500. The number of rotatable bonds is 3. The average molecular weight is 833 g/mol. The minimum Gasteiger partial charge on any atom is -0.358 e. The molecule has 5 aliphatic carbocycles. The van der Waals surface area contributed by atoms with Gasteiger partial charge in [-0.3, -0.25) is 6.08 Å². The Morgan fingerprint density at radius 2 is 1.53 bits per heavy atom. The molecular formula is C50H70Cl2Zr-4. The number of benzene rings is 2. The van der Waals surface area contributed by atoms with E-state index in [1.54, 1.807) is 28.2 Å². The van der Waals surface area contributed by atoms with Crippen LogP contribution in [0.25, 0.3) is 5.57 Å². The van der Waals surface area contributed by atoms with Gasteiger partial charge in [0.1, 0.15) is 0 Å². The summed E-state index contributed by atoms with van der Waals surface area (Å²) < 4.78 is 3.34. The van der Waals surface area contributed by atoms with Gasteiger partial charge in [-0.25, -0.2) is 12.0 Å². The molecule has 0 nitrogen and oxygen atoms in total. The fourth-order valence-corrected chi connectivity index (χ4v) is 9.48. The number of hydrogen-bond donors (Lipinski definition) is 0. The van der Waals surface area contributed by atoms with Gasteiger partial charge in [0, 0.05) is 0 Å². The van der Waals surface area contributed by atoms with Crippen LogP contribution in [0.4, 0.5) is 0 Å². The Labute approximate surface area is 354 Å². The normalized spacial score (nSPS) is 24.6. The summed E-state index contributed by atoms with van der Waals surface area (Å²) in [6.45, 7) is 29.3. The molecule has 0 radical (unpaired) electrons. The van der Waals surface area contributed by atoms with Crippen LogP contribution < -0.4 is 0 Å². The maximum atomic E-state index is 3.43. The number of fused-ring (bicyclic) bond motifs is 6. The Balaban J connectivity index is 0.000000490. The second-order valence-electron chi connectivity index (χ2n) is 17.8. The summed E-state index contributed by atoms with van der Waals surface area (Å²) in [6, 6.07) is 21.7. The molecule has 1 fully saturated rings. The third kappa shape index (κ3) is 9.00. The van der Waals surface area contributed by atoms with Crippen molar-refractivity contribution in [1.82, 2.24) is 0 Å². The number of unbranched alkanes of at least 4 members (excludes halogenated alkanes) is 1. The quantitative estimate of drug-likeness (QED) is 0.270. The standard InChI is InChI=1S/C29H37.C13H21.C6H5.CH3.CH2.2ClH.Zr/c1-18-25-22-17-19-13-9-10-14-20(19)24(22)21-15-11-12-16-23(21)29(25,8)28(6,7)27(4,5)26(18,2)3;1-5-6-7-11-8-9-12(10-11)13(2,3)4;1-2-4-6-5-3-1;;;;;/h9-11,13-15,23H,12,16-17H2,1-8H3;9-11H,5-7H2,1-4H3;1-5H;1H3;1H2;2*1H;/q4*-1;;;;. The summed E-state index contributed by atoms with van der Waals surface area (Å²) in [5, 5.41) is 0. The van der Waals surface area contributed by atoms with E-state index in [1.807, 2.05) is 30.3 Å². The Morgan fingerprint density at radius 1 is 0.906 bits per heavy atom. The minimum atomic E-state index is 0. The van der Waals surface area contributed by atoms with Gasteiger partial charge in [0.05, 0.1) is 0 Å². The SMILES string of the molecule is CCCCC1[C-]=CC(C(C)(C)C)=C1.C[C-]1C2=C3Cc4ccccc4C3=C3C=CCCC3C2(C)C(C)(C)C(C)(C)C1(C)C.Cl.Cl.[CH2]=[Zr].[CH3-].[c-]1ccccc1. The first-order valence-electron chi connectivity index (χ1n) is 19.2. The van der Waals surface area contributed by atoms with Crippen molar-refractivity contribution in [2.24, 2.45) is 38.9 Å². The molecule has 5 aliphatic rings. The molecule has 0 bridgehead atoms. The zero-order valence-corrected chi connectivity index (χ0v) is 39.5. The average Bonchev–Trinajstić information content (AvgIpc) is 3.74. The molecule has 1 saturated carbocycles. The van der Waals surface area contributed by atoms with Crippen LogP contribution in [0.15, 0.2) is 101 Å². The van der Waals surface area contributed by atoms with Gasteiger partial charge >= 0.3 is 28.4 Å². The first-order chi connectivity index (χ1) is 23.5. The first kappa shape index (κ1) is 49.4. The van der Waals surface area contributed by atoms with Gasteiger partial charge in [-0.1, -0.05) is 172 Å². The van der Waals surface area contributed by atoms with E-state index < -0.39 is 0 Å². The van der Waals surface area contributed by atoms with Crippen molar-refractivity contribution in [1.29, 1.82) is 0 Å². The first-order valence-corrected chi connectivity index (χ1v) is 20.9. The maximum absolute atomic E-state index is 3.43. The number of allylic oxidation sites excluding steroid dienone is 10. The Morgan fingerprint density at radius 3 is 2.06 bits per heavy atom. The molecular weight excluding hydrogens is 763 g/mol. The maximum Gasteiger partial charge on any atom is -0.171 e. The molecule has 3 atom stereocenters. The zero-order valence-electron chi connectivity index (χ0n) is 35.4. The summed E-state index contributed by atoms with van der Waals surface area (Å²) >= 11 is 1.30. The monoisotopic (exact) mass is 830 g/mol.